The van der Waals surface area contributed by atoms with Crippen molar-refractivity contribution in [1.29, 1.82) is 0 Å². The first-order valence-corrected chi connectivity index (χ1v) is 5.30. The topological polar surface area (TPSA) is 41.6 Å². The highest BCUT2D eigenvalue weighted by atomic mass is 16.5. The molecular weight excluding hydrogens is 180 g/mol. The second-order valence-electron chi connectivity index (χ2n) is 3.89. The highest BCUT2D eigenvalue weighted by Gasteiger charge is 2.21. The molecule has 2 amide bonds. The van der Waals surface area contributed by atoms with E-state index in [-0.39, 0.29) is 18.1 Å². The summed E-state index contributed by atoms with van der Waals surface area (Å²) >= 11 is 0. The van der Waals surface area contributed by atoms with Crippen molar-refractivity contribution in [2.24, 2.45) is 0 Å². The summed E-state index contributed by atoms with van der Waals surface area (Å²) in [6.45, 7) is 8.20. The van der Waals surface area contributed by atoms with Crippen molar-refractivity contribution in [2.75, 3.05) is 19.8 Å². The molecule has 1 saturated heterocycles. The number of nitrogens with zero attached hydrogens (tertiary/aromatic N) is 1. The monoisotopic (exact) mass is 200 g/mol. The van der Waals surface area contributed by atoms with Crippen molar-refractivity contribution in [2.45, 2.75) is 39.3 Å². The maximum Gasteiger partial charge on any atom is 0.317 e. The summed E-state index contributed by atoms with van der Waals surface area (Å²) in [4.78, 5) is 13.5. The van der Waals surface area contributed by atoms with E-state index >= 15 is 0 Å². The van der Waals surface area contributed by atoms with Crippen LogP contribution in [0.5, 0.6) is 0 Å². The number of urea groups is 1. The van der Waals surface area contributed by atoms with Crippen LogP contribution in [0.3, 0.4) is 0 Å². The first kappa shape index (κ1) is 11.3. The summed E-state index contributed by atoms with van der Waals surface area (Å²) < 4.78 is 5.20. The Bertz CT molecular complexity index is 189. The molecule has 0 saturated carbocycles. The molecule has 1 rings (SSSR count). The average Bonchev–Trinajstić information content (AvgIpc) is 2.57. The van der Waals surface area contributed by atoms with E-state index in [0.29, 0.717) is 6.61 Å². The molecule has 1 fully saturated rings. The zero-order chi connectivity index (χ0) is 10.6. The second-order valence-corrected chi connectivity index (χ2v) is 3.89. The van der Waals surface area contributed by atoms with Gasteiger partial charge in [-0.1, -0.05) is 0 Å². The van der Waals surface area contributed by atoms with Gasteiger partial charge in [-0.05, 0) is 27.2 Å². The van der Waals surface area contributed by atoms with Gasteiger partial charge in [-0.25, -0.2) is 4.79 Å². The Morgan fingerprint density at radius 1 is 1.64 bits per heavy atom. The number of nitrogens with one attached hydrogen (secondary N) is 1. The fourth-order valence-corrected chi connectivity index (χ4v) is 1.65. The van der Waals surface area contributed by atoms with Gasteiger partial charge in [0.1, 0.15) is 0 Å². The summed E-state index contributed by atoms with van der Waals surface area (Å²) in [5, 5.41) is 2.97. The van der Waals surface area contributed by atoms with E-state index in [4.69, 9.17) is 4.74 Å². The Morgan fingerprint density at radius 3 is 2.79 bits per heavy atom. The number of hydrogen-bond donors (Lipinski definition) is 1. The van der Waals surface area contributed by atoms with Gasteiger partial charge >= 0.3 is 6.03 Å². The first-order valence-electron chi connectivity index (χ1n) is 5.30. The van der Waals surface area contributed by atoms with Gasteiger partial charge in [0.25, 0.3) is 0 Å². The lowest BCUT2D eigenvalue weighted by atomic mass is 10.2. The van der Waals surface area contributed by atoms with Gasteiger partial charge < -0.3 is 15.0 Å². The molecule has 0 aromatic heterocycles. The standard InChI is InChI=1S/C10H20N2O2/c1-4-12(8(2)3)10(13)11-9-5-6-14-7-9/h8-9H,4-7H2,1-3H3,(H,11,13). The minimum Gasteiger partial charge on any atom is -0.379 e. The van der Waals surface area contributed by atoms with Gasteiger partial charge in [-0.2, -0.15) is 0 Å². The summed E-state index contributed by atoms with van der Waals surface area (Å²) in [6.07, 6.45) is 0.932. The summed E-state index contributed by atoms with van der Waals surface area (Å²) in [5.41, 5.74) is 0. The van der Waals surface area contributed by atoms with Gasteiger partial charge in [0, 0.05) is 19.2 Å². The molecule has 4 heteroatoms. The summed E-state index contributed by atoms with van der Waals surface area (Å²) in [5.74, 6) is 0. The molecule has 1 unspecified atom stereocenters. The molecule has 82 valence electrons. The van der Waals surface area contributed by atoms with Gasteiger partial charge in [0.05, 0.1) is 12.6 Å². The van der Waals surface area contributed by atoms with Crippen LogP contribution in [-0.2, 0) is 4.74 Å². The third-order valence-electron chi connectivity index (χ3n) is 2.48. The van der Waals surface area contributed by atoms with Crippen LogP contribution in [-0.4, -0.2) is 42.8 Å². The number of rotatable bonds is 3. The first-order chi connectivity index (χ1) is 6.65. The molecule has 1 heterocycles. The van der Waals surface area contributed by atoms with E-state index in [1.807, 2.05) is 25.7 Å². The SMILES string of the molecule is CCN(C(=O)NC1CCOC1)C(C)C. The lowest BCUT2D eigenvalue weighted by Gasteiger charge is -2.26. The third kappa shape index (κ3) is 2.87. The van der Waals surface area contributed by atoms with Gasteiger partial charge in [0.2, 0.25) is 0 Å². The van der Waals surface area contributed by atoms with Gasteiger partial charge in [0.15, 0.2) is 0 Å². The van der Waals surface area contributed by atoms with Crippen molar-refractivity contribution in [3.05, 3.63) is 0 Å². The van der Waals surface area contributed by atoms with E-state index in [1.54, 1.807) is 0 Å². The van der Waals surface area contributed by atoms with Crippen LogP contribution in [0.15, 0.2) is 0 Å². The number of carbonyl (C=O) groups is 1. The Balaban J connectivity index is 2.38. The van der Waals surface area contributed by atoms with E-state index in [2.05, 4.69) is 5.32 Å². The molecule has 1 N–H and O–H groups in total. The number of amides is 2. The molecule has 1 atom stereocenters. The van der Waals surface area contributed by atoms with E-state index < -0.39 is 0 Å². The van der Waals surface area contributed by atoms with Crippen molar-refractivity contribution in [1.82, 2.24) is 10.2 Å². The van der Waals surface area contributed by atoms with E-state index in [9.17, 15) is 4.79 Å². The predicted molar refractivity (Wildman–Crippen MR) is 55.3 cm³/mol. The maximum atomic E-state index is 11.7. The predicted octanol–water partition coefficient (Wildman–Crippen LogP) is 1.22. The molecule has 1 aliphatic heterocycles. The number of ether oxygens (including phenoxy) is 1. The number of carbonyl (C=O) groups excluding carboxylic acids is 1. The van der Waals surface area contributed by atoms with Crippen molar-refractivity contribution >= 4 is 6.03 Å². The molecule has 0 spiro atoms. The van der Waals surface area contributed by atoms with Gasteiger partial charge in [-0.3, -0.25) is 0 Å². The van der Waals surface area contributed by atoms with Crippen LogP contribution in [0.1, 0.15) is 27.2 Å². The molecule has 0 radical (unpaired) electrons. The fraction of sp³-hybridized carbons (Fsp3) is 0.900. The smallest absolute Gasteiger partial charge is 0.317 e. The highest BCUT2D eigenvalue weighted by molar-refractivity contribution is 5.74. The van der Waals surface area contributed by atoms with Crippen LogP contribution < -0.4 is 5.32 Å². The quantitative estimate of drug-likeness (QED) is 0.744. The molecule has 0 aromatic carbocycles. The molecule has 14 heavy (non-hydrogen) atoms. The van der Waals surface area contributed by atoms with Crippen molar-refractivity contribution in [3.63, 3.8) is 0 Å². The average molecular weight is 200 g/mol. The van der Waals surface area contributed by atoms with Crippen LogP contribution >= 0.6 is 0 Å². The van der Waals surface area contributed by atoms with Crippen molar-refractivity contribution < 1.29 is 9.53 Å². The normalized spacial score (nSPS) is 21.3. The van der Waals surface area contributed by atoms with Crippen LogP contribution in [0.4, 0.5) is 4.79 Å². The summed E-state index contributed by atoms with van der Waals surface area (Å²) in [7, 11) is 0. The Hall–Kier alpha value is -0.770. The minimum absolute atomic E-state index is 0.0259. The number of hydrogen-bond acceptors (Lipinski definition) is 2. The second kappa shape index (κ2) is 5.20. The van der Waals surface area contributed by atoms with Crippen LogP contribution in [0, 0.1) is 0 Å². The van der Waals surface area contributed by atoms with Gasteiger partial charge in [-0.15, -0.1) is 0 Å². The minimum atomic E-state index is 0.0259. The Labute approximate surface area is 85.6 Å². The van der Waals surface area contributed by atoms with Crippen LogP contribution in [0.2, 0.25) is 0 Å². The lowest BCUT2D eigenvalue weighted by molar-refractivity contribution is 0.172. The molecular formula is C10H20N2O2. The zero-order valence-corrected chi connectivity index (χ0v) is 9.25. The lowest BCUT2D eigenvalue weighted by Crippen LogP contribution is -2.47. The Morgan fingerprint density at radius 2 is 2.36 bits per heavy atom. The molecule has 0 aromatic rings. The van der Waals surface area contributed by atoms with Crippen molar-refractivity contribution in [3.8, 4) is 0 Å². The molecule has 1 aliphatic rings. The molecule has 0 aliphatic carbocycles. The van der Waals surface area contributed by atoms with E-state index in [0.717, 1.165) is 19.6 Å². The fourth-order valence-electron chi connectivity index (χ4n) is 1.65. The third-order valence-corrected chi connectivity index (χ3v) is 2.48. The molecule has 0 bridgehead atoms. The Kier molecular flexibility index (Phi) is 4.20. The highest BCUT2D eigenvalue weighted by Crippen LogP contribution is 2.05. The molecule has 4 nitrogen and oxygen atoms in total. The maximum absolute atomic E-state index is 11.7. The largest absolute Gasteiger partial charge is 0.379 e. The van der Waals surface area contributed by atoms with E-state index in [1.165, 1.54) is 0 Å². The summed E-state index contributed by atoms with van der Waals surface area (Å²) in [6, 6.07) is 0.482. The zero-order valence-electron chi connectivity index (χ0n) is 9.25. The van der Waals surface area contributed by atoms with Crippen LogP contribution in [0.25, 0.3) is 0 Å².